The highest BCUT2D eigenvalue weighted by atomic mass is 35.5. The van der Waals surface area contributed by atoms with Crippen molar-refractivity contribution in [2.45, 2.75) is 18.9 Å². The molecule has 1 amide bonds. The van der Waals surface area contributed by atoms with E-state index >= 15 is 0 Å². The average Bonchev–Trinajstić information content (AvgIpc) is 3.05. The highest BCUT2D eigenvalue weighted by molar-refractivity contribution is 7.89. The molecule has 1 aromatic heterocycles. The maximum absolute atomic E-state index is 14.4. The number of amides is 1. The van der Waals surface area contributed by atoms with E-state index in [4.69, 9.17) is 11.6 Å². The van der Waals surface area contributed by atoms with E-state index in [1.54, 1.807) is 17.8 Å². The highest BCUT2D eigenvalue weighted by Gasteiger charge is 2.34. The van der Waals surface area contributed by atoms with E-state index in [2.05, 4.69) is 9.71 Å². The first-order valence-electron chi connectivity index (χ1n) is 9.07. The number of carbonyl (C=O) groups is 1. The molecule has 14 heteroatoms. The number of imidazole rings is 1. The number of aryl methyl sites for hydroxylation is 1. The average molecular weight is 494 g/mol. The zero-order valence-corrected chi connectivity index (χ0v) is 19.0. The summed E-state index contributed by atoms with van der Waals surface area (Å²) in [7, 11) is -5.54. The number of aromatic nitrogens is 2. The second-order valence-electron chi connectivity index (χ2n) is 7.51. The molecular weight excluding hydrogens is 473 g/mol. The van der Waals surface area contributed by atoms with Gasteiger partial charge in [-0.15, -0.1) is 4.83 Å². The van der Waals surface area contributed by atoms with Crippen molar-refractivity contribution < 1.29 is 26.0 Å². The monoisotopic (exact) mass is 493 g/mol. The van der Waals surface area contributed by atoms with Crippen molar-refractivity contribution >= 4 is 37.6 Å². The molecule has 0 unspecified atom stereocenters. The first-order chi connectivity index (χ1) is 14.3. The van der Waals surface area contributed by atoms with Gasteiger partial charge in [0.1, 0.15) is 0 Å². The van der Waals surface area contributed by atoms with Gasteiger partial charge in [0.15, 0.2) is 5.82 Å². The van der Waals surface area contributed by atoms with Crippen molar-refractivity contribution in [3.05, 3.63) is 41.1 Å². The summed E-state index contributed by atoms with van der Waals surface area (Å²) >= 11 is 5.89. The number of nitrogens with one attached hydrogen (secondary N) is 3. The predicted molar refractivity (Wildman–Crippen MR) is 112 cm³/mol. The minimum Gasteiger partial charge on any atom is -0.340 e. The van der Waals surface area contributed by atoms with Crippen LogP contribution in [0.15, 0.2) is 24.7 Å². The van der Waals surface area contributed by atoms with E-state index in [1.807, 2.05) is 10.3 Å². The lowest BCUT2D eigenvalue weighted by Gasteiger charge is -2.34. The van der Waals surface area contributed by atoms with Crippen LogP contribution in [0.25, 0.3) is 11.3 Å². The van der Waals surface area contributed by atoms with Crippen molar-refractivity contribution in [1.82, 2.24) is 24.5 Å². The first-order valence-corrected chi connectivity index (χ1v) is 13.0. The molecule has 0 spiro atoms. The topological polar surface area (TPSA) is 139 Å². The Hall–Kier alpha value is -2.06. The number of hydrogen-bond donors (Lipinski definition) is 3. The fraction of sp³-hybridized carbons (Fsp3) is 0.412. The molecule has 1 aliphatic rings. The Bertz CT molecular complexity index is 1210. The minimum absolute atomic E-state index is 0.271. The van der Waals surface area contributed by atoms with Crippen molar-refractivity contribution in [3.63, 3.8) is 0 Å². The molecule has 0 bridgehead atoms. The Balaban J connectivity index is 1.62. The van der Waals surface area contributed by atoms with Gasteiger partial charge in [0.2, 0.25) is 20.0 Å². The van der Waals surface area contributed by atoms with Crippen LogP contribution in [0.3, 0.4) is 0 Å². The van der Waals surface area contributed by atoms with E-state index in [0.717, 1.165) is 6.26 Å². The summed E-state index contributed by atoms with van der Waals surface area (Å²) in [6.45, 7) is 0. The zero-order valence-electron chi connectivity index (χ0n) is 16.6. The summed E-state index contributed by atoms with van der Waals surface area (Å²) in [5.41, 5.74) is 2.38. The molecule has 31 heavy (non-hydrogen) atoms. The smallest absolute Gasteiger partial charge is 0.269 e. The normalized spacial score (nSPS) is 19.1. The molecule has 1 heterocycles. The Morgan fingerprint density at radius 3 is 2.55 bits per heavy atom. The Labute approximate surface area is 184 Å². The van der Waals surface area contributed by atoms with Gasteiger partial charge in [0, 0.05) is 24.8 Å². The summed E-state index contributed by atoms with van der Waals surface area (Å²) < 4.78 is 65.2. The molecule has 3 rings (SSSR count). The largest absolute Gasteiger partial charge is 0.340 e. The van der Waals surface area contributed by atoms with Crippen LogP contribution in [0.5, 0.6) is 0 Å². The van der Waals surface area contributed by atoms with Gasteiger partial charge in [-0.05, 0) is 30.9 Å². The molecule has 1 saturated carbocycles. The van der Waals surface area contributed by atoms with Crippen molar-refractivity contribution in [2.24, 2.45) is 13.0 Å². The van der Waals surface area contributed by atoms with E-state index in [1.165, 1.54) is 18.5 Å². The lowest BCUT2D eigenvalue weighted by molar-refractivity contribution is 0.0940. The van der Waals surface area contributed by atoms with Crippen LogP contribution in [0, 0.1) is 11.7 Å². The van der Waals surface area contributed by atoms with Crippen LogP contribution in [0.4, 0.5) is 4.39 Å². The number of carbonyl (C=O) groups excluding carboxylic acids is 1. The molecule has 1 aromatic carbocycles. The lowest BCUT2D eigenvalue weighted by atomic mass is 9.82. The molecule has 0 saturated heterocycles. The minimum atomic E-state index is -3.92. The Morgan fingerprint density at radius 2 is 1.97 bits per heavy atom. The summed E-state index contributed by atoms with van der Waals surface area (Å²) in [6.07, 6.45) is 4.92. The number of hydrogen-bond acceptors (Lipinski definition) is 6. The number of nitrogens with zero attached hydrogens (tertiary/aromatic N) is 2. The third kappa shape index (κ3) is 6.23. The number of halogens is 2. The van der Waals surface area contributed by atoms with Crippen molar-refractivity contribution in [1.29, 1.82) is 0 Å². The fourth-order valence-corrected chi connectivity index (χ4v) is 5.52. The standard InChI is InChI=1S/C17H21ClFN5O5S2/c1-24-7-15(20-9-24)11-5-13(16(19)14(18)6-11)17(25)21-23-31(28,29)8-10-3-12(4-10)22-30(2,26)27/h5-7,9-10,12,22-23H,3-4,8H2,1-2H3,(H,21,25)/t10-,12+. The highest BCUT2D eigenvalue weighted by Crippen LogP contribution is 2.29. The van der Waals surface area contributed by atoms with Crippen LogP contribution in [-0.4, -0.2) is 50.3 Å². The Kier molecular flexibility index (Phi) is 6.72. The van der Waals surface area contributed by atoms with Crippen LogP contribution in [-0.2, 0) is 27.1 Å². The van der Waals surface area contributed by atoms with Crippen LogP contribution in [0.1, 0.15) is 23.2 Å². The van der Waals surface area contributed by atoms with Crippen molar-refractivity contribution in [2.75, 3.05) is 12.0 Å². The van der Waals surface area contributed by atoms with Crippen LogP contribution >= 0.6 is 11.6 Å². The number of benzene rings is 1. The molecule has 1 fully saturated rings. The predicted octanol–water partition coefficient (Wildman–Crippen LogP) is 0.772. The van der Waals surface area contributed by atoms with E-state index in [0.29, 0.717) is 24.1 Å². The lowest BCUT2D eigenvalue weighted by Crippen LogP contribution is -2.49. The van der Waals surface area contributed by atoms with E-state index < -0.39 is 37.3 Å². The van der Waals surface area contributed by atoms with Gasteiger partial charge in [0.25, 0.3) is 5.91 Å². The SMILES string of the molecule is Cn1cnc(-c2cc(Cl)c(F)c(C(=O)NNS(=O)(=O)C[C@H]3C[C@@H](NS(C)(=O)=O)C3)c2)c1. The quantitative estimate of drug-likeness (QED) is 0.464. The summed E-state index contributed by atoms with van der Waals surface area (Å²) in [4.78, 5) is 18.4. The molecule has 0 aliphatic heterocycles. The molecule has 3 N–H and O–H groups in total. The van der Waals surface area contributed by atoms with Gasteiger partial charge in [-0.3, -0.25) is 10.2 Å². The fourth-order valence-electron chi connectivity index (χ4n) is 3.28. The maximum Gasteiger partial charge on any atom is 0.269 e. The Morgan fingerprint density at radius 1 is 1.29 bits per heavy atom. The van der Waals surface area contributed by atoms with Gasteiger partial charge in [-0.1, -0.05) is 11.6 Å². The van der Waals surface area contributed by atoms with Gasteiger partial charge in [-0.2, -0.15) is 0 Å². The number of sulfonamides is 2. The molecular formula is C17H21ClFN5O5S2. The summed E-state index contributed by atoms with van der Waals surface area (Å²) in [5, 5.41) is -0.310. The second kappa shape index (κ2) is 8.82. The van der Waals surface area contributed by atoms with E-state index in [9.17, 15) is 26.0 Å². The maximum atomic E-state index is 14.4. The number of hydrazine groups is 1. The molecule has 2 aromatic rings. The third-order valence-corrected chi connectivity index (χ3v) is 7.02. The van der Waals surface area contributed by atoms with E-state index in [-0.39, 0.29) is 22.7 Å². The zero-order chi connectivity index (χ0) is 23.0. The molecule has 0 radical (unpaired) electrons. The van der Waals surface area contributed by atoms with Crippen LogP contribution < -0.4 is 15.0 Å². The first kappa shape index (κ1) is 23.6. The molecule has 10 nitrogen and oxygen atoms in total. The molecule has 1 aliphatic carbocycles. The van der Waals surface area contributed by atoms with Gasteiger partial charge < -0.3 is 4.57 Å². The van der Waals surface area contributed by atoms with Gasteiger partial charge >= 0.3 is 0 Å². The summed E-state index contributed by atoms with van der Waals surface area (Å²) in [6, 6.07) is 2.23. The summed E-state index contributed by atoms with van der Waals surface area (Å²) in [5.74, 6) is -2.60. The molecule has 0 atom stereocenters. The number of rotatable bonds is 8. The van der Waals surface area contributed by atoms with Gasteiger partial charge in [-0.25, -0.2) is 30.9 Å². The third-order valence-electron chi connectivity index (χ3n) is 4.67. The van der Waals surface area contributed by atoms with Gasteiger partial charge in [0.05, 0.1) is 34.6 Å². The molecule has 170 valence electrons. The second-order valence-corrected chi connectivity index (χ2v) is 11.5. The van der Waals surface area contributed by atoms with Crippen LogP contribution in [0.2, 0.25) is 5.02 Å². The van der Waals surface area contributed by atoms with Crippen molar-refractivity contribution in [3.8, 4) is 11.3 Å².